The van der Waals surface area contributed by atoms with E-state index < -0.39 is 0 Å². The predicted molar refractivity (Wildman–Crippen MR) is 95.5 cm³/mol. The van der Waals surface area contributed by atoms with Crippen molar-refractivity contribution in [2.75, 3.05) is 11.9 Å². The minimum atomic E-state index is -0.206. The van der Waals surface area contributed by atoms with Gasteiger partial charge in [-0.2, -0.15) is 5.10 Å². The van der Waals surface area contributed by atoms with Crippen LogP contribution in [0.3, 0.4) is 0 Å². The summed E-state index contributed by atoms with van der Waals surface area (Å²) in [5, 5.41) is 11.0. The molecule has 0 fully saturated rings. The monoisotopic (exact) mass is 344 g/mol. The third-order valence-corrected chi connectivity index (χ3v) is 4.48. The van der Waals surface area contributed by atoms with E-state index in [1.54, 1.807) is 11.3 Å². The minimum Gasteiger partial charge on any atom is -0.338 e. The summed E-state index contributed by atoms with van der Waals surface area (Å²) in [6.45, 7) is 7.09. The van der Waals surface area contributed by atoms with Gasteiger partial charge in [-0.15, -0.1) is 11.3 Å². The molecule has 24 heavy (non-hydrogen) atoms. The number of aromatic nitrogens is 4. The first-order valence-electron chi connectivity index (χ1n) is 7.81. The third-order valence-electron chi connectivity index (χ3n) is 3.55. The topological polar surface area (TPSA) is 84.7 Å². The fourth-order valence-electron chi connectivity index (χ4n) is 2.50. The van der Waals surface area contributed by atoms with Crippen molar-refractivity contribution < 1.29 is 4.79 Å². The van der Waals surface area contributed by atoms with Gasteiger partial charge in [0.25, 0.3) is 0 Å². The van der Waals surface area contributed by atoms with Crippen LogP contribution in [0, 0.1) is 20.8 Å². The Labute approximate surface area is 144 Å². The van der Waals surface area contributed by atoms with Crippen molar-refractivity contribution in [2.45, 2.75) is 33.7 Å². The molecule has 3 aromatic rings. The highest BCUT2D eigenvalue weighted by Crippen LogP contribution is 2.24. The van der Waals surface area contributed by atoms with E-state index >= 15 is 0 Å². The molecule has 0 aliphatic carbocycles. The van der Waals surface area contributed by atoms with Crippen molar-refractivity contribution in [2.24, 2.45) is 0 Å². The zero-order valence-corrected chi connectivity index (χ0v) is 14.8. The van der Waals surface area contributed by atoms with Gasteiger partial charge in [-0.25, -0.2) is 14.8 Å². The molecular formula is C16H20N6OS. The summed E-state index contributed by atoms with van der Waals surface area (Å²) in [5.74, 6) is 1.66. The highest BCUT2D eigenvalue weighted by molar-refractivity contribution is 7.18. The fourth-order valence-corrected chi connectivity index (χ4v) is 3.36. The van der Waals surface area contributed by atoms with Gasteiger partial charge < -0.3 is 10.6 Å². The van der Waals surface area contributed by atoms with Crippen molar-refractivity contribution in [3.63, 3.8) is 0 Å². The molecule has 0 atom stereocenters. The van der Waals surface area contributed by atoms with Crippen molar-refractivity contribution in [3.8, 4) is 0 Å². The second kappa shape index (κ2) is 6.96. The summed E-state index contributed by atoms with van der Waals surface area (Å²) in [7, 11) is 0. The molecule has 3 rings (SSSR count). The van der Waals surface area contributed by atoms with Gasteiger partial charge in [0.2, 0.25) is 0 Å². The van der Waals surface area contributed by atoms with Gasteiger partial charge in [-0.05, 0) is 45.4 Å². The summed E-state index contributed by atoms with van der Waals surface area (Å²) >= 11 is 1.62. The molecule has 0 bridgehead atoms. The van der Waals surface area contributed by atoms with Crippen LogP contribution in [0.25, 0.3) is 10.2 Å². The Bertz CT molecular complexity index is 869. The normalized spacial score (nSPS) is 11.0. The number of hydrogen-bond donors (Lipinski definition) is 2. The molecular weight excluding hydrogens is 324 g/mol. The van der Waals surface area contributed by atoms with Crippen LogP contribution in [-0.2, 0) is 6.54 Å². The van der Waals surface area contributed by atoms with Crippen molar-refractivity contribution >= 4 is 33.3 Å². The molecule has 0 aliphatic rings. The molecule has 1 aromatic carbocycles. The zero-order valence-electron chi connectivity index (χ0n) is 14.0. The molecule has 0 unspecified atom stereocenters. The third kappa shape index (κ3) is 3.88. The first-order valence-corrected chi connectivity index (χ1v) is 8.63. The molecule has 0 radical (unpaired) electrons. The Kier molecular flexibility index (Phi) is 4.75. The lowest BCUT2D eigenvalue weighted by Gasteiger charge is -2.08. The molecule has 2 amide bonds. The largest absolute Gasteiger partial charge is 0.338 e. The highest BCUT2D eigenvalue weighted by atomic mass is 32.1. The zero-order chi connectivity index (χ0) is 17.1. The predicted octanol–water partition coefficient (Wildman–Crippen LogP) is 3.02. The number of anilines is 1. The van der Waals surface area contributed by atoms with Crippen LogP contribution >= 0.6 is 11.3 Å². The molecule has 2 aromatic heterocycles. The maximum Gasteiger partial charge on any atom is 0.319 e. The maximum atomic E-state index is 12.0. The van der Waals surface area contributed by atoms with Crippen LogP contribution in [0.4, 0.5) is 10.5 Å². The lowest BCUT2D eigenvalue weighted by atomic mass is 10.3. The summed E-state index contributed by atoms with van der Waals surface area (Å²) in [4.78, 5) is 20.6. The molecule has 0 aliphatic heterocycles. The number of carbonyl (C=O) groups is 1. The molecule has 2 N–H and O–H groups in total. The van der Waals surface area contributed by atoms with Crippen LogP contribution < -0.4 is 10.6 Å². The molecule has 7 nitrogen and oxygen atoms in total. The Hall–Kier alpha value is -2.48. The van der Waals surface area contributed by atoms with Crippen LogP contribution in [0.5, 0.6) is 0 Å². The van der Waals surface area contributed by atoms with E-state index in [1.807, 2.05) is 43.7 Å². The molecule has 8 heteroatoms. The number of nitrogens with zero attached hydrogens (tertiary/aromatic N) is 4. The van der Waals surface area contributed by atoms with E-state index in [0.29, 0.717) is 6.54 Å². The van der Waals surface area contributed by atoms with Crippen LogP contribution in [0.1, 0.15) is 23.1 Å². The Morgan fingerprint density at radius 2 is 2.08 bits per heavy atom. The number of thiazole rings is 1. The van der Waals surface area contributed by atoms with E-state index in [9.17, 15) is 4.79 Å². The number of benzene rings is 1. The average Bonchev–Trinajstić information content (AvgIpc) is 3.04. The van der Waals surface area contributed by atoms with E-state index in [2.05, 4.69) is 25.7 Å². The number of nitrogens with one attached hydrogen (secondary N) is 2. The summed E-state index contributed by atoms with van der Waals surface area (Å²) in [6, 6.07) is 5.52. The summed E-state index contributed by atoms with van der Waals surface area (Å²) in [5.41, 5.74) is 1.73. The second-order valence-electron chi connectivity index (χ2n) is 5.58. The van der Waals surface area contributed by atoms with Gasteiger partial charge in [-0.3, -0.25) is 4.68 Å². The molecule has 0 saturated carbocycles. The Balaban J connectivity index is 1.47. The van der Waals surface area contributed by atoms with E-state index in [4.69, 9.17) is 0 Å². The molecule has 126 valence electrons. The number of amides is 2. The number of hydrogen-bond acceptors (Lipinski definition) is 5. The molecule has 0 saturated heterocycles. The number of carbonyl (C=O) groups excluding carboxylic acids is 1. The van der Waals surface area contributed by atoms with Crippen LogP contribution in [0.2, 0.25) is 0 Å². The number of rotatable bonds is 5. The van der Waals surface area contributed by atoms with Gasteiger partial charge in [0.15, 0.2) is 0 Å². The number of aryl methyl sites for hydroxylation is 4. The molecule has 2 heterocycles. The molecule has 0 spiro atoms. The lowest BCUT2D eigenvalue weighted by Crippen LogP contribution is -2.30. The lowest BCUT2D eigenvalue weighted by molar-refractivity contribution is 0.251. The summed E-state index contributed by atoms with van der Waals surface area (Å²) < 4.78 is 2.93. The van der Waals surface area contributed by atoms with Gasteiger partial charge in [-0.1, -0.05) is 0 Å². The standard InChI is InChI=1S/C16H20N6OS/c1-10-18-11(2)22(21-10)8-4-7-17-16(23)20-13-5-6-14-15(9-13)24-12(3)19-14/h5-6,9H,4,7-8H2,1-3H3,(H2,17,20,23). The first kappa shape index (κ1) is 16.4. The van der Waals surface area contributed by atoms with E-state index in [-0.39, 0.29) is 6.03 Å². The maximum absolute atomic E-state index is 12.0. The fraction of sp³-hybridized carbons (Fsp3) is 0.375. The van der Waals surface area contributed by atoms with Crippen molar-refractivity contribution in [1.29, 1.82) is 0 Å². The Morgan fingerprint density at radius 3 is 2.83 bits per heavy atom. The second-order valence-corrected chi connectivity index (χ2v) is 6.81. The quantitative estimate of drug-likeness (QED) is 0.697. The average molecular weight is 344 g/mol. The van der Waals surface area contributed by atoms with Gasteiger partial charge >= 0.3 is 6.03 Å². The number of urea groups is 1. The van der Waals surface area contributed by atoms with Crippen molar-refractivity contribution in [3.05, 3.63) is 34.9 Å². The van der Waals surface area contributed by atoms with Crippen LogP contribution in [0.15, 0.2) is 18.2 Å². The van der Waals surface area contributed by atoms with Gasteiger partial charge in [0.1, 0.15) is 11.6 Å². The number of fused-ring (bicyclic) bond motifs is 1. The Morgan fingerprint density at radius 1 is 1.25 bits per heavy atom. The van der Waals surface area contributed by atoms with E-state index in [0.717, 1.165) is 45.5 Å². The van der Waals surface area contributed by atoms with Crippen LogP contribution in [-0.4, -0.2) is 32.3 Å². The minimum absolute atomic E-state index is 0.206. The first-order chi connectivity index (χ1) is 11.5. The highest BCUT2D eigenvalue weighted by Gasteiger charge is 2.06. The van der Waals surface area contributed by atoms with Gasteiger partial charge in [0, 0.05) is 18.8 Å². The summed E-state index contributed by atoms with van der Waals surface area (Å²) in [6.07, 6.45) is 0.796. The van der Waals surface area contributed by atoms with Gasteiger partial charge in [0.05, 0.1) is 15.2 Å². The van der Waals surface area contributed by atoms with E-state index in [1.165, 1.54) is 0 Å². The van der Waals surface area contributed by atoms with Crippen molar-refractivity contribution in [1.82, 2.24) is 25.1 Å². The smallest absolute Gasteiger partial charge is 0.319 e. The SMILES string of the molecule is Cc1nc(C)n(CCCNC(=O)Nc2ccc3nc(C)sc3c2)n1.